The van der Waals surface area contributed by atoms with Gasteiger partial charge in [-0.2, -0.15) is 5.10 Å². The molecule has 4 rings (SSSR count). The van der Waals surface area contributed by atoms with Crippen LogP contribution >= 0.6 is 0 Å². The fourth-order valence-electron chi connectivity index (χ4n) is 2.98. The predicted octanol–water partition coefficient (Wildman–Crippen LogP) is 4.93. The maximum Gasteiger partial charge on any atom is 0.189 e. The monoisotopic (exact) mass is 346 g/mol. The first-order chi connectivity index (χ1) is 12.7. The van der Waals surface area contributed by atoms with E-state index in [4.69, 9.17) is 4.74 Å². The topological polar surface area (TPSA) is 55.0 Å². The molecule has 1 N–H and O–H groups in total. The SMILES string of the molecule is CC.COc1ccc(-c2cc(/C=C3\Cc4ccccc4C3=O)[nH]n2)cc1. The Morgan fingerprint density at radius 2 is 1.81 bits per heavy atom. The highest BCUT2D eigenvalue weighted by molar-refractivity contribution is 6.15. The third-order valence-electron chi connectivity index (χ3n) is 4.25. The first-order valence-electron chi connectivity index (χ1n) is 8.77. The molecule has 0 radical (unpaired) electrons. The lowest BCUT2D eigenvalue weighted by atomic mass is 10.1. The Kier molecular flexibility index (Phi) is 5.32. The number of ketones is 1. The third-order valence-corrected chi connectivity index (χ3v) is 4.25. The lowest BCUT2D eigenvalue weighted by Crippen LogP contribution is -1.94. The minimum Gasteiger partial charge on any atom is -0.497 e. The molecule has 1 aliphatic carbocycles. The highest BCUT2D eigenvalue weighted by atomic mass is 16.5. The summed E-state index contributed by atoms with van der Waals surface area (Å²) in [6.45, 7) is 4.00. The van der Waals surface area contributed by atoms with Crippen LogP contribution in [0.2, 0.25) is 0 Å². The Morgan fingerprint density at radius 1 is 1.08 bits per heavy atom. The van der Waals surface area contributed by atoms with E-state index in [0.717, 1.165) is 39.4 Å². The maximum atomic E-state index is 12.4. The highest BCUT2D eigenvalue weighted by Crippen LogP contribution is 2.28. The number of ether oxygens (including phenoxy) is 1. The molecule has 0 atom stereocenters. The largest absolute Gasteiger partial charge is 0.497 e. The van der Waals surface area contributed by atoms with Gasteiger partial charge < -0.3 is 4.74 Å². The first kappa shape index (κ1) is 17.7. The fourth-order valence-corrected chi connectivity index (χ4v) is 2.98. The van der Waals surface area contributed by atoms with Gasteiger partial charge in [-0.3, -0.25) is 9.89 Å². The second kappa shape index (κ2) is 7.83. The third kappa shape index (κ3) is 3.45. The van der Waals surface area contributed by atoms with Crippen molar-refractivity contribution in [1.29, 1.82) is 0 Å². The highest BCUT2D eigenvalue weighted by Gasteiger charge is 2.24. The number of rotatable bonds is 3. The number of hydrogen-bond donors (Lipinski definition) is 1. The average Bonchev–Trinajstić information content (AvgIpc) is 3.29. The van der Waals surface area contributed by atoms with Gasteiger partial charge in [-0.05, 0) is 42.0 Å². The Morgan fingerprint density at radius 3 is 2.50 bits per heavy atom. The van der Waals surface area contributed by atoms with Gasteiger partial charge in [0.15, 0.2) is 5.78 Å². The van der Waals surface area contributed by atoms with Gasteiger partial charge in [0, 0.05) is 23.1 Å². The molecular weight excluding hydrogens is 324 g/mol. The van der Waals surface area contributed by atoms with Gasteiger partial charge >= 0.3 is 0 Å². The molecule has 0 saturated heterocycles. The summed E-state index contributed by atoms with van der Waals surface area (Å²) in [5, 5.41) is 7.33. The van der Waals surface area contributed by atoms with E-state index in [1.165, 1.54) is 0 Å². The number of nitrogens with one attached hydrogen (secondary N) is 1. The summed E-state index contributed by atoms with van der Waals surface area (Å²) in [6.07, 6.45) is 2.56. The van der Waals surface area contributed by atoms with Crippen molar-refractivity contribution in [3.63, 3.8) is 0 Å². The first-order valence-corrected chi connectivity index (χ1v) is 8.77. The van der Waals surface area contributed by atoms with Crippen LogP contribution in [0.4, 0.5) is 0 Å². The lowest BCUT2D eigenvalue weighted by molar-refractivity contribution is 0.104. The number of carbonyl (C=O) groups excluding carboxylic acids is 1. The number of Topliss-reactive ketones (excluding diaryl/α,β-unsaturated/α-hetero) is 1. The molecule has 0 amide bonds. The van der Waals surface area contributed by atoms with Gasteiger partial charge in [0.25, 0.3) is 0 Å². The Bertz CT molecular complexity index is 937. The fraction of sp³-hybridized carbons (Fsp3) is 0.182. The van der Waals surface area contributed by atoms with E-state index in [-0.39, 0.29) is 5.78 Å². The van der Waals surface area contributed by atoms with Crippen LogP contribution < -0.4 is 4.74 Å². The maximum absolute atomic E-state index is 12.4. The van der Waals surface area contributed by atoms with Crippen molar-refractivity contribution < 1.29 is 9.53 Å². The molecule has 4 heteroatoms. The molecule has 2 aromatic carbocycles. The molecule has 4 nitrogen and oxygen atoms in total. The van der Waals surface area contributed by atoms with Crippen molar-refractivity contribution in [3.8, 4) is 17.0 Å². The standard InChI is InChI=1S/C20H16N2O2.C2H6/c1-24-17-8-6-13(7-9-17)19-12-16(21-22-19)11-15-10-14-4-2-3-5-18(14)20(15)23;1-2/h2-9,11-12H,10H2,1H3,(H,21,22);1-2H3/b15-11+;. The van der Waals surface area contributed by atoms with Crippen molar-refractivity contribution >= 4 is 11.9 Å². The number of aromatic amines is 1. The van der Waals surface area contributed by atoms with Crippen molar-refractivity contribution in [2.45, 2.75) is 20.3 Å². The van der Waals surface area contributed by atoms with Gasteiger partial charge in [0.1, 0.15) is 5.75 Å². The van der Waals surface area contributed by atoms with Gasteiger partial charge in [-0.1, -0.05) is 38.1 Å². The van der Waals surface area contributed by atoms with E-state index in [1.54, 1.807) is 7.11 Å². The van der Waals surface area contributed by atoms with Crippen LogP contribution in [0.25, 0.3) is 17.3 Å². The van der Waals surface area contributed by atoms with Crippen LogP contribution in [0.5, 0.6) is 5.75 Å². The molecule has 3 aromatic rings. The molecule has 0 spiro atoms. The quantitative estimate of drug-likeness (QED) is 0.684. The molecule has 0 unspecified atom stereocenters. The molecule has 0 aliphatic heterocycles. The molecule has 1 aromatic heterocycles. The molecule has 0 fully saturated rings. The average molecular weight is 346 g/mol. The van der Waals surface area contributed by atoms with Crippen LogP contribution in [-0.2, 0) is 6.42 Å². The van der Waals surface area contributed by atoms with Gasteiger partial charge in [0.2, 0.25) is 0 Å². The smallest absolute Gasteiger partial charge is 0.189 e. The molecule has 132 valence electrons. The molecule has 1 heterocycles. The van der Waals surface area contributed by atoms with E-state index in [0.29, 0.717) is 6.42 Å². The second-order valence-corrected chi connectivity index (χ2v) is 5.77. The number of fused-ring (bicyclic) bond motifs is 1. The normalized spacial score (nSPS) is 14.0. The van der Waals surface area contributed by atoms with E-state index in [9.17, 15) is 4.79 Å². The van der Waals surface area contributed by atoms with E-state index >= 15 is 0 Å². The van der Waals surface area contributed by atoms with Crippen LogP contribution in [0, 0.1) is 0 Å². The number of nitrogens with zero attached hydrogens (tertiary/aromatic N) is 1. The second-order valence-electron chi connectivity index (χ2n) is 5.77. The molecule has 1 aliphatic rings. The Hall–Kier alpha value is -3.14. The van der Waals surface area contributed by atoms with Crippen LogP contribution in [0.1, 0.15) is 35.5 Å². The van der Waals surface area contributed by atoms with E-state index in [1.807, 2.05) is 74.5 Å². The summed E-state index contributed by atoms with van der Waals surface area (Å²) in [4.78, 5) is 12.4. The summed E-state index contributed by atoms with van der Waals surface area (Å²) in [5.41, 5.74) is 5.35. The van der Waals surface area contributed by atoms with Crippen molar-refractivity contribution in [2.75, 3.05) is 7.11 Å². The number of H-pyrrole nitrogens is 1. The Labute approximate surface area is 153 Å². The number of aromatic nitrogens is 2. The van der Waals surface area contributed by atoms with Crippen LogP contribution in [0.3, 0.4) is 0 Å². The summed E-state index contributed by atoms with van der Waals surface area (Å²) >= 11 is 0. The van der Waals surface area contributed by atoms with Crippen LogP contribution in [0.15, 0.2) is 60.2 Å². The van der Waals surface area contributed by atoms with E-state index in [2.05, 4.69) is 10.2 Å². The summed E-state index contributed by atoms with van der Waals surface area (Å²) in [6, 6.07) is 17.4. The zero-order chi connectivity index (χ0) is 18.5. The minimum absolute atomic E-state index is 0.103. The zero-order valence-corrected chi connectivity index (χ0v) is 15.2. The number of benzene rings is 2. The van der Waals surface area contributed by atoms with Crippen molar-refractivity contribution in [3.05, 3.63) is 77.0 Å². The summed E-state index contributed by atoms with van der Waals surface area (Å²) in [5.74, 6) is 0.914. The van der Waals surface area contributed by atoms with Crippen molar-refractivity contribution in [2.24, 2.45) is 0 Å². The van der Waals surface area contributed by atoms with Gasteiger partial charge in [-0.25, -0.2) is 0 Å². The zero-order valence-electron chi connectivity index (χ0n) is 15.2. The molecule has 0 bridgehead atoms. The van der Waals surface area contributed by atoms with Crippen LogP contribution in [-0.4, -0.2) is 23.1 Å². The lowest BCUT2D eigenvalue weighted by Gasteiger charge is -1.99. The number of carbonyl (C=O) groups is 1. The summed E-state index contributed by atoms with van der Waals surface area (Å²) < 4.78 is 5.17. The van der Waals surface area contributed by atoms with Gasteiger partial charge in [0.05, 0.1) is 18.5 Å². The molecule has 0 saturated carbocycles. The van der Waals surface area contributed by atoms with Crippen molar-refractivity contribution in [1.82, 2.24) is 10.2 Å². The van der Waals surface area contributed by atoms with E-state index < -0.39 is 0 Å². The molecule has 26 heavy (non-hydrogen) atoms. The number of methoxy groups -OCH3 is 1. The molecular formula is C22H22N2O2. The number of allylic oxidation sites excluding steroid dienone is 1. The number of hydrogen-bond acceptors (Lipinski definition) is 3. The predicted molar refractivity (Wildman–Crippen MR) is 104 cm³/mol. The Balaban J connectivity index is 0.000000948. The summed E-state index contributed by atoms with van der Waals surface area (Å²) in [7, 11) is 1.64. The minimum atomic E-state index is 0.103. The van der Waals surface area contributed by atoms with Gasteiger partial charge in [-0.15, -0.1) is 0 Å².